The summed E-state index contributed by atoms with van der Waals surface area (Å²) < 4.78 is 7.82. The van der Waals surface area contributed by atoms with Crippen LogP contribution < -0.4 is 0 Å². The number of nitrogens with zero attached hydrogens (tertiary/aromatic N) is 2. The molecule has 0 amide bonds. The summed E-state index contributed by atoms with van der Waals surface area (Å²) in [6.45, 7) is 6.66. The maximum atomic E-state index is 11.5. The molecule has 4 nitrogen and oxygen atoms in total. The zero-order valence-corrected chi connectivity index (χ0v) is 20.9. The summed E-state index contributed by atoms with van der Waals surface area (Å²) in [5, 5.41) is 4.75. The SMILES string of the molecule is CC(=O)O[C@@H]1CC[C@@]2(C)C(=CC[C@H]3[C@@H]4CC[C@@H](c5ccnn5-c5ccccc5)[C@@]4(C)CC[C@@H]32)C1. The van der Waals surface area contributed by atoms with E-state index in [2.05, 4.69) is 61.0 Å². The van der Waals surface area contributed by atoms with Crippen molar-refractivity contribution in [3.8, 4) is 5.69 Å². The van der Waals surface area contributed by atoms with E-state index in [1.165, 1.54) is 43.5 Å². The largest absolute Gasteiger partial charge is 0.462 e. The summed E-state index contributed by atoms with van der Waals surface area (Å²) >= 11 is 0. The van der Waals surface area contributed by atoms with Crippen LogP contribution in [0.4, 0.5) is 0 Å². The van der Waals surface area contributed by atoms with Crippen LogP contribution in [0.5, 0.6) is 0 Å². The van der Waals surface area contributed by atoms with E-state index in [-0.39, 0.29) is 17.5 Å². The Morgan fingerprint density at radius 2 is 1.85 bits per heavy atom. The number of rotatable bonds is 3. The van der Waals surface area contributed by atoms with Crippen molar-refractivity contribution in [2.45, 2.75) is 84.2 Å². The number of hydrogen-bond donors (Lipinski definition) is 0. The van der Waals surface area contributed by atoms with Gasteiger partial charge in [0.2, 0.25) is 0 Å². The van der Waals surface area contributed by atoms with Gasteiger partial charge in [0.15, 0.2) is 0 Å². The first kappa shape index (κ1) is 22.1. The molecule has 1 heterocycles. The molecule has 7 atom stereocenters. The summed E-state index contributed by atoms with van der Waals surface area (Å²) in [5.74, 6) is 2.75. The number of aromatic nitrogens is 2. The van der Waals surface area contributed by atoms with Crippen LogP contribution in [0.25, 0.3) is 5.69 Å². The second-order valence-corrected chi connectivity index (χ2v) is 11.9. The van der Waals surface area contributed by atoms with Gasteiger partial charge >= 0.3 is 5.97 Å². The quantitative estimate of drug-likeness (QED) is 0.373. The van der Waals surface area contributed by atoms with Crippen molar-refractivity contribution in [3.63, 3.8) is 0 Å². The lowest BCUT2D eigenvalue weighted by Gasteiger charge is -2.58. The van der Waals surface area contributed by atoms with Gasteiger partial charge in [-0.15, -0.1) is 0 Å². The van der Waals surface area contributed by atoms with E-state index in [0.29, 0.717) is 11.3 Å². The molecule has 0 unspecified atom stereocenters. The first-order valence-electron chi connectivity index (χ1n) is 13.4. The van der Waals surface area contributed by atoms with Gasteiger partial charge in [-0.2, -0.15) is 5.10 Å². The Hall–Kier alpha value is -2.36. The molecule has 4 heteroatoms. The molecule has 3 saturated carbocycles. The first-order valence-corrected chi connectivity index (χ1v) is 13.4. The van der Waals surface area contributed by atoms with Crippen molar-refractivity contribution in [2.24, 2.45) is 28.6 Å². The minimum Gasteiger partial charge on any atom is -0.462 e. The minimum absolute atomic E-state index is 0.0800. The van der Waals surface area contributed by atoms with Crippen LogP contribution in [0.1, 0.15) is 83.7 Å². The van der Waals surface area contributed by atoms with Crippen molar-refractivity contribution in [2.75, 3.05) is 0 Å². The molecule has 4 aliphatic carbocycles. The summed E-state index contributed by atoms with van der Waals surface area (Å²) in [5.41, 5.74) is 4.77. The van der Waals surface area contributed by atoms with Gasteiger partial charge in [-0.25, -0.2) is 4.68 Å². The van der Waals surface area contributed by atoms with Crippen LogP contribution >= 0.6 is 0 Å². The van der Waals surface area contributed by atoms with E-state index < -0.39 is 0 Å². The summed E-state index contributed by atoms with van der Waals surface area (Å²) in [6.07, 6.45) is 14.2. The molecule has 0 bridgehead atoms. The second kappa shape index (κ2) is 8.10. The predicted octanol–water partition coefficient (Wildman–Crippen LogP) is 6.85. The van der Waals surface area contributed by atoms with Crippen molar-refractivity contribution >= 4 is 5.97 Å². The van der Waals surface area contributed by atoms with Gasteiger partial charge < -0.3 is 4.74 Å². The third kappa shape index (κ3) is 3.31. The molecular weight excluding hydrogens is 420 g/mol. The molecule has 0 saturated heterocycles. The minimum atomic E-state index is -0.136. The molecule has 1 aromatic carbocycles. The van der Waals surface area contributed by atoms with Gasteiger partial charge in [-0.3, -0.25) is 4.79 Å². The number of ether oxygens (including phenoxy) is 1. The second-order valence-electron chi connectivity index (χ2n) is 11.9. The first-order chi connectivity index (χ1) is 16.4. The van der Waals surface area contributed by atoms with Gasteiger partial charge in [0.1, 0.15) is 6.10 Å². The number of para-hydroxylation sites is 1. The van der Waals surface area contributed by atoms with E-state index in [4.69, 9.17) is 9.84 Å². The number of benzene rings is 1. The van der Waals surface area contributed by atoms with Crippen molar-refractivity contribution in [1.29, 1.82) is 0 Å². The summed E-state index contributed by atoms with van der Waals surface area (Å²) in [6, 6.07) is 12.9. The fourth-order valence-electron chi connectivity index (χ4n) is 8.81. The molecule has 4 aliphatic rings. The Morgan fingerprint density at radius 1 is 1.03 bits per heavy atom. The number of carbonyl (C=O) groups excluding carboxylic acids is 1. The highest BCUT2D eigenvalue weighted by Crippen LogP contribution is 2.68. The van der Waals surface area contributed by atoms with Gasteiger partial charge in [0.05, 0.1) is 5.69 Å². The van der Waals surface area contributed by atoms with Crippen LogP contribution in [-0.2, 0) is 9.53 Å². The number of hydrogen-bond acceptors (Lipinski definition) is 3. The molecule has 0 spiro atoms. The lowest BCUT2D eigenvalue weighted by molar-refractivity contribution is -0.148. The molecule has 2 aromatic rings. The van der Waals surface area contributed by atoms with Crippen LogP contribution in [-0.4, -0.2) is 21.9 Å². The maximum absolute atomic E-state index is 11.5. The van der Waals surface area contributed by atoms with Crippen LogP contribution in [0.3, 0.4) is 0 Å². The lowest BCUT2D eigenvalue weighted by Crippen LogP contribution is -2.50. The Kier molecular flexibility index (Phi) is 5.27. The Balaban J connectivity index is 1.28. The van der Waals surface area contributed by atoms with E-state index >= 15 is 0 Å². The molecule has 1 aromatic heterocycles. The fraction of sp³-hybridized carbons (Fsp3) is 0.600. The third-order valence-electron chi connectivity index (χ3n) is 10.4. The molecule has 6 rings (SSSR count). The smallest absolute Gasteiger partial charge is 0.302 e. The molecule has 0 N–H and O–H groups in total. The van der Waals surface area contributed by atoms with Gasteiger partial charge in [0, 0.05) is 31.2 Å². The molecule has 180 valence electrons. The van der Waals surface area contributed by atoms with E-state index in [1.807, 2.05) is 6.20 Å². The Bertz CT molecular complexity index is 1100. The highest BCUT2D eigenvalue weighted by Gasteiger charge is 2.59. The third-order valence-corrected chi connectivity index (χ3v) is 10.4. The molecule has 0 radical (unpaired) electrons. The number of fused-ring (bicyclic) bond motifs is 5. The van der Waals surface area contributed by atoms with Gasteiger partial charge in [0.25, 0.3) is 0 Å². The van der Waals surface area contributed by atoms with Crippen molar-refractivity contribution < 1.29 is 9.53 Å². The number of allylic oxidation sites excluding steroid dienone is 1. The van der Waals surface area contributed by atoms with Crippen molar-refractivity contribution in [3.05, 3.63) is 59.9 Å². The zero-order chi connectivity index (χ0) is 23.5. The summed E-state index contributed by atoms with van der Waals surface area (Å²) in [7, 11) is 0. The average Bonchev–Trinajstić information content (AvgIpc) is 3.43. The fourth-order valence-corrected chi connectivity index (χ4v) is 8.81. The Labute approximate surface area is 203 Å². The monoisotopic (exact) mass is 458 g/mol. The van der Waals surface area contributed by atoms with Crippen molar-refractivity contribution in [1.82, 2.24) is 9.78 Å². The highest BCUT2D eigenvalue weighted by atomic mass is 16.5. The van der Waals surface area contributed by atoms with Crippen LogP contribution in [0.2, 0.25) is 0 Å². The van der Waals surface area contributed by atoms with E-state index in [0.717, 1.165) is 37.0 Å². The Morgan fingerprint density at radius 3 is 2.65 bits per heavy atom. The highest BCUT2D eigenvalue weighted by molar-refractivity contribution is 5.66. The van der Waals surface area contributed by atoms with Gasteiger partial charge in [-0.1, -0.05) is 43.7 Å². The molecule has 3 fully saturated rings. The number of esters is 1. The van der Waals surface area contributed by atoms with E-state index in [1.54, 1.807) is 12.5 Å². The lowest BCUT2D eigenvalue weighted by atomic mass is 9.47. The zero-order valence-electron chi connectivity index (χ0n) is 20.9. The average molecular weight is 459 g/mol. The standard InChI is InChI=1S/C30H38N2O2/c1-20(33)34-23-13-16-29(2)21(19-23)9-10-24-25-11-12-27(30(25,3)17-14-26(24)29)28-15-18-31-32(28)22-7-5-4-6-8-22/h4-9,15,18,23-27H,10-14,16-17,19H2,1-3H3/t23-,24+,25+,26+,27+,29+,30+/m1/s1. The van der Waals surface area contributed by atoms with E-state index in [9.17, 15) is 4.79 Å². The predicted molar refractivity (Wildman–Crippen MR) is 134 cm³/mol. The molecular formula is C30H38N2O2. The topological polar surface area (TPSA) is 44.1 Å². The molecule has 0 aliphatic heterocycles. The van der Waals surface area contributed by atoms with Gasteiger partial charge in [-0.05, 0) is 91.7 Å². The summed E-state index contributed by atoms with van der Waals surface area (Å²) in [4.78, 5) is 11.5. The van der Waals surface area contributed by atoms with Crippen LogP contribution in [0.15, 0.2) is 54.2 Å². The molecule has 34 heavy (non-hydrogen) atoms. The number of carbonyl (C=O) groups is 1. The van der Waals surface area contributed by atoms with Crippen LogP contribution in [0, 0.1) is 28.6 Å². The maximum Gasteiger partial charge on any atom is 0.302 e. The normalized spacial score (nSPS) is 38.9.